The smallest absolute Gasteiger partial charge is 0.329 e. The first-order valence-corrected chi connectivity index (χ1v) is 7.70. The molecule has 0 radical (unpaired) electrons. The van der Waals surface area contributed by atoms with Crippen LogP contribution in [-0.2, 0) is 19.1 Å². The Morgan fingerprint density at radius 3 is 2.68 bits per heavy atom. The number of hydrogen-bond acceptors (Lipinski definition) is 7. The average molecular weight is 348 g/mol. The van der Waals surface area contributed by atoms with Gasteiger partial charge in [0.2, 0.25) is 0 Å². The minimum absolute atomic E-state index is 0.0436. The molecule has 9 heteroatoms. The molecule has 1 saturated heterocycles. The maximum absolute atomic E-state index is 11.6. The van der Waals surface area contributed by atoms with Crippen molar-refractivity contribution in [1.82, 2.24) is 10.7 Å². The largest absolute Gasteiger partial charge is 0.546 e. The molecular formula is C16H18N3O6-. The Balaban J connectivity index is 1.72. The Morgan fingerprint density at radius 1 is 1.28 bits per heavy atom. The van der Waals surface area contributed by atoms with Crippen LogP contribution in [0.3, 0.4) is 0 Å². The zero-order valence-electron chi connectivity index (χ0n) is 13.4. The highest BCUT2D eigenvalue weighted by Gasteiger charge is 2.18. The number of hydrogen-bond donors (Lipinski definition) is 2. The van der Waals surface area contributed by atoms with Crippen LogP contribution >= 0.6 is 0 Å². The quantitative estimate of drug-likeness (QED) is 0.353. The van der Waals surface area contributed by atoms with E-state index in [1.54, 1.807) is 24.3 Å². The molecule has 1 aliphatic heterocycles. The third kappa shape index (κ3) is 6.60. The van der Waals surface area contributed by atoms with Crippen LogP contribution in [0.5, 0.6) is 5.75 Å². The molecule has 1 atom stereocenters. The molecule has 0 spiro atoms. The Bertz CT molecular complexity index is 638. The molecule has 2 rings (SSSR count). The second kappa shape index (κ2) is 9.38. The number of amides is 2. The summed E-state index contributed by atoms with van der Waals surface area (Å²) >= 11 is 0. The number of nitrogens with zero attached hydrogens (tertiary/aromatic N) is 1. The normalized spacial score (nSPS) is 16.6. The molecule has 134 valence electrons. The lowest BCUT2D eigenvalue weighted by Crippen LogP contribution is -2.41. The fourth-order valence-corrected chi connectivity index (χ4v) is 2.10. The zero-order valence-corrected chi connectivity index (χ0v) is 13.4. The van der Waals surface area contributed by atoms with E-state index >= 15 is 0 Å². The van der Waals surface area contributed by atoms with Gasteiger partial charge in [-0.3, -0.25) is 9.59 Å². The highest BCUT2D eigenvalue weighted by atomic mass is 16.5. The Hall–Kier alpha value is -2.94. The minimum Gasteiger partial charge on any atom is -0.546 e. The number of nitrogens with one attached hydrogen (secondary N) is 2. The molecule has 0 aliphatic carbocycles. The van der Waals surface area contributed by atoms with Crippen LogP contribution in [0.2, 0.25) is 0 Å². The van der Waals surface area contributed by atoms with Gasteiger partial charge >= 0.3 is 11.8 Å². The van der Waals surface area contributed by atoms with Gasteiger partial charge in [-0.15, -0.1) is 0 Å². The molecule has 0 bridgehead atoms. The monoisotopic (exact) mass is 348 g/mol. The number of ether oxygens (including phenoxy) is 2. The van der Waals surface area contributed by atoms with Crippen molar-refractivity contribution < 1.29 is 29.0 Å². The summed E-state index contributed by atoms with van der Waals surface area (Å²) in [5.74, 6) is -2.60. The topological polar surface area (TPSA) is 129 Å². The lowest BCUT2D eigenvalue weighted by Gasteiger charge is -2.09. The highest BCUT2D eigenvalue weighted by molar-refractivity contribution is 6.35. The maximum atomic E-state index is 11.6. The number of aliphatic carboxylic acids is 1. The van der Waals surface area contributed by atoms with E-state index in [0.29, 0.717) is 24.5 Å². The van der Waals surface area contributed by atoms with E-state index in [1.165, 1.54) is 6.21 Å². The van der Waals surface area contributed by atoms with Crippen LogP contribution in [0, 0.1) is 0 Å². The lowest BCUT2D eigenvalue weighted by atomic mass is 10.2. The predicted octanol–water partition coefficient (Wildman–Crippen LogP) is -1.44. The second-order valence-electron chi connectivity index (χ2n) is 5.27. The van der Waals surface area contributed by atoms with Gasteiger partial charge in [-0.05, 0) is 42.7 Å². The first-order chi connectivity index (χ1) is 12.0. The Labute approximate surface area is 144 Å². The summed E-state index contributed by atoms with van der Waals surface area (Å²) in [6.07, 6.45) is 3.11. The van der Waals surface area contributed by atoms with Crippen molar-refractivity contribution in [3.63, 3.8) is 0 Å². The Kier molecular flexibility index (Phi) is 6.90. The van der Waals surface area contributed by atoms with E-state index < -0.39 is 24.4 Å². The molecular weight excluding hydrogens is 330 g/mol. The summed E-state index contributed by atoms with van der Waals surface area (Å²) < 4.78 is 10.3. The number of carbonyl (C=O) groups excluding carboxylic acids is 3. The summed E-state index contributed by atoms with van der Waals surface area (Å²) in [7, 11) is 0. The molecule has 25 heavy (non-hydrogen) atoms. The van der Waals surface area contributed by atoms with E-state index in [2.05, 4.69) is 15.8 Å². The van der Waals surface area contributed by atoms with Crippen molar-refractivity contribution in [1.29, 1.82) is 0 Å². The van der Waals surface area contributed by atoms with Crippen molar-refractivity contribution in [3.05, 3.63) is 29.8 Å². The zero-order chi connectivity index (χ0) is 18.1. The van der Waals surface area contributed by atoms with E-state index in [4.69, 9.17) is 9.47 Å². The number of benzene rings is 1. The predicted molar refractivity (Wildman–Crippen MR) is 84.7 cm³/mol. The summed E-state index contributed by atoms with van der Waals surface area (Å²) in [5.41, 5.74) is 2.75. The molecule has 0 unspecified atom stereocenters. The van der Waals surface area contributed by atoms with Crippen molar-refractivity contribution in [3.8, 4) is 5.75 Å². The van der Waals surface area contributed by atoms with E-state index in [0.717, 1.165) is 12.8 Å². The first kappa shape index (κ1) is 18.4. The van der Waals surface area contributed by atoms with Gasteiger partial charge < -0.3 is 24.7 Å². The van der Waals surface area contributed by atoms with Gasteiger partial charge in [-0.1, -0.05) is 0 Å². The number of rotatable bonds is 7. The summed E-state index contributed by atoms with van der Waals surface area (Å²) in [6, 6.07) is 6.30. The van der Waals surface area contributed by atoms with Gasteiger partial charge in [0.15, 0.2) is 0 Å². The average Bonchev–Trinajstić information content (AvgIpc) is 3.12. The van der Waals surface area contributed by atoms with Gasteiger partial charge in [0.05, 0.1) is 18.3 Å². The summed E-state index contributed by atoms with van der Waals surface area (Å²) in [5, 5.41) is 16.5. The van der Waals surface area contributed by atoms with Gasteiger partial charge in [0.1, 0.15) is 12.4 Å². The van der Waals surface area contributed by atoms with Gasteiger partial charge in [0, 0.05) is 13.2 Å². The van der Waals surface area contributed by atoms with Crippen molar-refractivity contribution in [2.24, 2.45) is 5.10 Å². The van der Waals surface area contributed by atoms with Crippen molar-refractivity contribution >= 4 is 24.0 Å². The molecule has 2 N–H and O–H groups in total. The minimum atomic E-state index is -1.31. The van der Waals surface area contributed by atoms with Crippen molar-refractivity contribution in [2.75, 3.05) is 19.8 Å². The van der Waals surface area contributed by atoms with Crippen LogP contribution in [0.1, 0.15) is 18.4 Å². The number of carboxylic acids is 1. The molecule has 1 aromatic carbocycles. The van der Waals surface area contributed by atoms with Gasteiger partial charge in [0.25, 0.3) is 0 Å². The van der Waals surface area contributed by atoms with Crippen LogP contribution in [0.25, 0.3) is 0 Å². The standard InChI is InChI=1S/C16H19N3O6/c20-14(21)10-25-12-5-3-11(4-6-12)8-18-19-16(23)15(22)17-9-13-2-1-7-24-13/h3-6,8,13H,1-2,7,9-10H2,(H,17,22)(H,19,23)(H,20,21)/p-1/b18-8-/t13-/m1/s1. The molecule has 9 nitrogen and oxygen atoms in total. The van der Waals surface area contributed by atoms with Gasteiger partial charge in [-0.2, -0.15) is 5.10 Å². The van der Waals surface area contributed by atoms with Gasteiger partial charge in [-0.25, -0.2) is 5.43 Å². The van der Waals surface area contributed by atoms with E-state index in [-0.39, 0.29) is 6.10 Å². The van der Waals surface area contributed by atoms with Crippen LogP contribution in [0.4, 0.5) is 0 Å². The summed E-state index contributed by atoms with van der Waals surface area (Å²) in [4.78, 5) is 33.5. The van der Waals surface area contributed by atoms with E-state index in [9.17, 15) is 19.5 Å². The number of hydrazone groups is 1. The van der Waals surface area contributed by atoms with Crippen LogP contribution < -0.4 is 20.6 Å². The fourth-order valence-electron chi connectivity index (χ4n) is 2.10. The van der Waals surface area contributed by atoms with Crippen LogP contribution in [-0.4, -0.2) is 49.9 Å². The molecule has 0 saturated carbocycles. The van der Waals surface area contributed by atoms with Crippen molar-refractivity contribution in [2.45, 2.75) is 18.9 Å². The number of carbonyl (C=O) groups is 3. The molecule has 1 aliphatic rings. The highest BCUT2D eigenvalue weighted by Crippen LogP contribution is 2.11. The van der Waals surface area contributed by atoms with Crippen LogP contribution in [0.15, 0.2) is 29.4 Å². The maximum Gasteiger partial charge on any atom is 0.329 e. The Morgan fingerprint density at radius 2 is 2.04 bits per heavy atom. The second-order valence-corrected chi connectivity index (χ2v) is 5.27. The summed E-state index contributed by atoms with van der Waals surface area (Å²) in [6.45, 7) is 0.432. The molecule has 2 amide bonds. The molecule has 0 aromatic heterocycles. The molecule has 1 heterocycles. The fraction of sp³-hybridized carbons (Fsp3) is 0.375. The molecule has 1 fully saturated rings. The van der Waals surface area contributed by atoms with E-state index in [1.807, 2.05) is 0 Å². The third-order valence-electron chi connectivity index (χ3n) is 3.34. The first-order valence-electron chi connectivity index (χ1n) is 7.70. The molecule has 1 aromatic rings. The number of carboxylic acid groups (broad SMARTS) is 1. The lowest BCUT2D eigenvalue weighted by molar-refractivity contribution is -0.307. The third-order valence-corrected chi connectivity index (χ3v) is 3.34. The SMILES string of the molecule is O=C([O-])COc1ccc(/C=N\NC(=O)C(=O)NC[C@H]2CCCO2)cc1.